The summed E-state index contributed by atoms with van der Waals surface area (Å²) in [6.07, 6.45) is -0.689. The Morgan fingerprint density at radius 3 is 2.57 bits per heavy atom. The quantitative estimate of drug-likeness (QED) is 0.807. The van der Waals surface area contributed by atoms with Crippen LogP contribution in [0.25, 0.3) is 0 Å². The van der Waals surface area contributed by atoms with Gasteiger partial charge in [0.15, 0.2) is 6.10 Å². The van der Waals surface area contributed by atoms with Crippen molar-refractivity contribution in [2.24, 2.45) is 0 Å². The molecule has 0 fully saturated rings. The molecule has 0 radical (unpaired) electrons. The van der Waals surface area contributed by atoms with Crippen LogP contribution < -0.4 is 10.1 Å². The maximum absolute atomic E-state index is 12.2. The Kier molecular flexibility index (Phi) is 5.76. The fourth-order valence-electron chi connectivity index (χ4n) is 1.88. The molecule has 1 N–H and O–H groups in total. The van der Waals surface area contributed by atoms with Gasteiger partial charge >= 0.3 is 5.97 Å². The SMILES string of the molecule is COC(=O)c1cccc(NC(=O)[C@H](C)Oc2cccc(Br)c2)c1. The van der Waals surface area contributed by atoms with E-state index in [2.05, 4.69) is 26.0 Å². The molecule has 0 aromatic heterocycles. The average Bonchev–Trinajstić information content (AvgIpc) is 2.54. The van der Waals surface area contributed by atoms with Crippen LogP contribution in [-0.4, -0.2) is 25.1 Å². The molecule has 0 aliphatic carbocycles. The normalized spacial score (nSPS) is 11.4. The molecule has 120 valence electrons. The molecule has 1 amide bonds. The van der Waals surface area contributed by atoms with Gasteiger partial charge in [0, 0.05) is 10.2 Å². The number of anilines is 1. The Morgan fingerprint density at radius 1 is 1.13 bits per heavy atom. The first-order valence-electron chi connectivity index (χ1n) is 6.91. The number of nitrogens with one attached hydrogen (secondary N) is 1. The number of rotatable bonds is 5. The van der Waals surface area contributed by atoms with E-state index in [0.29, 0.717) is 17.0 Å². The number of halogens is 1. The maximum atomic E-state index is 12.2. The summed E-state index contributed by atoms with van der Waals surface area (Å²) in [6.45, 7) is 1.65. The first kappa shape index (κ1) is 17.0. The highest BCUT2D eigenvalue weighted by Crippen LogP contribution is 2.19. The minimum Gasteiger partial charge on any atom is -0.481 e. The number of esters is 1. The summed E-state index contributed by atoms with van der Waals surface area (Å²) < 4.78 is 11.1. The second-order valence-corrected chi connectivity index (χ2v) is 5.69. The lowest BCUT2D eigenvalue weighted by Gasteiger charge is -2.15. The summed E-state index contributed by atoms with van der Waals surface area (Å²) >= 11 is 3.35. The summed E-state index contributed by atoms with van der Waals surface area (Å²) in [5.74, 6) is -0.183. The molecule has 0 aliphatic rings. The second kappa shape index (κ2) is 7.78. The Labute approximate surface area is 142 Å². The molecule has 0 heterocycles. The second-order valence-electron chi connectivity index (χ2n) is 4.78. The molecule has 5 nitrogen and oxygen atoms in total. The average molecular weight is 378 g/mol. The molecule has 2 aromatic rings. The zero-order valence-corrected chi connectivity index (χ0v) is 14.3. The van der Waals surface area contributed by atoms with Crippen LogP contribution in [0.4, 0.5) is 5.69 Å². The van der Waals surface area contributed by atoms with Crippen molar-refractivity contribution < 1.29 is 19.1 Å². The summed E-state index contributed by atoms with van der Waals surface area (Å²) in [5.41, 5.74) is 0.869. The number of amides is 1. The minimum absolute atomic E-state index is 0.313. The Morgan fingerprint density at radius 2 is 1.87 bits per heavy atom. The van der Waals surface area contributed by atoms with Gasteiger partial charge in [-0.15, -0.1) is 0 Å². The van der Waals surface area contributed by atoms with E-state index in [1.807, 2.05) is 12.1 Å². The third kappa shape index (κ3) is 4.82. The van der Waals surface area contributed by atoms with Gasteiger partial charge in [-0.25, -0.2) is 4.79 Å². The molecular weight excluding hydrogens is 362 g/mol. The topological polar surface area (TPSA) is 64.6 Å². The van der Waals surface area contributed by atoms with E-state index in [9.17, 15) is 9.59 Å². The smallest absolute Gasteiger partial charge is 0.337 e. The predicted octanol–water partition coefficient (Wildman–Crippen LogP) is 3.64. The first-order valence-corrected chi connectivity index (χ1v) is 7.70. The van der Waals surface area contributed by atoms with E-state index < -0.39 is 12.1 Å². The van der Waals surface area contributed by atoms with Gasteiger partial charge in [-0.2, -0.15) is 0 Å². The van der Waals surface area contributed by atoms with Crippen molar-refractivity contribution in [1.29, 1.82) is 0 Å². The fraction of sp³-hybridized carbons (Fsp3) is 0.176. The van der Waals surface area contributed by atoms with Gasteiger partial charge in [0.05, 0.1) is 12.7 Å². The van der Waals surface area contributed by atoms with Crippen molar-refractivity contribution in [3.8, 4) is 5.75 Å². The number of carbonyl (C=O) groups excluding carboxylic acids is 2. The van der Waals surface area contributed by atoms with E-state index >= 15 is 0 Å². The third-order valence-electron chi connectivity index (χ3n) is 3.03. The number of benzene rings is 2. The van der Waals surface area contributed by atoms with Crippen LogP contribution >= 0.6 is 15.9 Å². The molecule has 0 saturated heterocycles. The van der Waals surface area contributed by atoms with Crippen LogP contribution in [0.2, 0.25) is 0 Å². The van der Waals surface area contributed by atoms with Gasteiger partial charge in [0.1, 0.15) is 5.75 Å². The van der Waals surface area contributed by atoms with Crippen molar-refractivity contribution in [1.82, 2.24) is 0 Å². The first-order chi connectivity index (χ1) is 11.0. The van der Waals surface area contributed by atoms with Gasteiger partial charge in [0.25, 0.3) is 5.91 Å². The van der Waals surface area contributed by atoms with Crippen molar-refractivity contribution in [2.75, 3.05) is 12.4 Å². The largest absolute Gasteiger partial charge is 0.481 e. The van der Waals surface area contributed by atoms with Crippen molar-refractivity contribution in [3.05, 3.63) is 58.6 Å². The monoisotopic (exact) mass is 377 g/mol. The minimum atomic E-state index is -0.689. The number of ether oxygens (including phenoxy) is 2. The van der Waals surface area contributed by atoms with E-state index in [0.717, 1.165) is 4.47 Å². The number of carbonyl (C=O) groups is 2. The third-order valence-corrected chi connectivity index (χ3v) is 3.52. The van der Waals surface area contributed by atoms with E-state index in [4.69, 9.17) is 4.74 Å². The van der Waals surface area contributed by atoms with Crippen LogP contribution in [0.3, 0.4) is 0 Å². The standard InChI is InChI=1S/C17H16BrNO4/c1-11(23-15-8-4-6-13(18)10-15)16(20)19-14-7-3-5-12(9-14)17(21)22-2/h3-11H,1-2H3,(H,19,20)/t11-/m0/s1. The molecule has 1 atom stereocenters. The van der Waals surface area contributed by atoms with Crippen LogP contribution in [-0.2, 0) is 9.53 Å². The Bertz CT molecular complexity index is 717. The van der Waals surface area contributed by atoms with E-state index in [-0.39, 0.29) is 5.91 Å². The molecule has 2 rings (SSSR count). The summed E-state index contributed by atoms with van der Waals surface area (Å²) in [5, 5.41) is 2.71. The highest BCUT2D eigenvalue weighted by atomic mass is 79.9. The lowest BCUT2D eigenvalue weighted by molar-refractivity contribution is -0.122. The molecule has 0 saturated carbocycles. The van der Waals surface area contributed by atoms with Crippen molar-refractivity contribution in [3.63, 3.8) is 0 Å². The predicted molar refractivity (Wildman–Crippen MR) is 90.6 cm³/mol. The number of hydrogen-bond acceptors (Lipinski definition) is 4. The van der Waals surface area contributed by atoms with Gasteiger partial charge in [-0.1, -0.05) is 28.1 Å². The van der Waals surface area contributed by atoms with Crippen LogP contribution in [0.5, 0.6) is 5.75 Å². The van der Waals surface area contributed by atoms with E-state index in [1.165, 1.54) is 7.11 Å². The zero-order chi connectivity index (χ0) is 16.8. The summed E-state index contributed by atoms with van der Waals surface area (Å²) in [7, 11) is 1.31. The van der Waals surface area contributed by atoms with Gasteiger partial charge < -0.3 is 14.8 Å². The zero-order valence-electron chi connectivity index (χ0n) is 12.7. The summed E-state index contributed by atoms with van der Waals surface area (Å²) in [6, 6.07) is 13.8. The Balaban J connectivity index is 2.02. The molecule has 0 bridgehead atoms. The number of hydrogen-bond donors (Lipinski definition) is 1. The molecule has 2 aromatic carbocycles. The maximum Gasteiger partial charge on any atom is 0.337 e. The highest BCUT2D eigenvalue weighted by Gasteiger charge is 2.16. The molecule has 23 heavy (non-hydrogen) atoms. The lowest BCUT2D eigenvalue weighted by Crippen LogP contribution is -2.30. The van der Waals surface area contributed by atoms with Crippen LogP contribution in [0.1, 0.15) is 17.3 Å². The molecule has 0 aliphatic heterocycles. The van der Waals surface area contributed by atoms with Gasteiger partial charge in [0.2, 0.25) is 0 Å². The molecule has 0 unspecified atom stereocenters. The molecule has 6 heteroatoms. The van der Waals surface area contributed by atoms with Crippen molar-refractivity contribution in [2.45, 2.75) is 13.0 Å². The van der Waals surface area contributed by atoms with Gasteiger partial charge in [-0.3, -0.25) is 4.79 Å². The van der Waals surface area contributed by atoms with E-state index in [1.54, 1.807) is 43.3 Å². The number of methoxy groups -OCH3 is 1. The van der Waals surface area contributed by atoms with Crippen LogP contribution in [0, 0.1) is 0 Å². The van der Waals surface area contributed by atoms with Crippen molar-refractivity contribution >= 4 is 33.5 Å². The van der Waals surface area contributed by atoms with Gasteiger partial charge in [-0.05, 0) is 43.3 Å². The summed E-state index contributed by atoms with van der Waals surface area (Å²) in [4.78, 5) is 23.7. The highest BCUT2D eigenvalue weighted by molar-refractivity contribution is 9.10. The fourth-order valence-corrected chi connectivity index (χ4v) is 2.26. The molecular formula is C17H16BrNO4. The Hall–Kier alpha value is -2.34. The van der Waals surface area contributed by atoms with Crippen LogP contribution in [0.15, 0.2) is 53.0 Å². The molecule has 0 spiro atoms. The lowest BCUT2D eigenvalue weighted by atomic mass is 10.2.